The average Bonchev–Trinajstić information content (AvgIpc) is 3.31. The van der Waals surface area contributed by atoms with Crippen molar-refractivity contribution in [2.45, 2.75) is 180 Å². The van der Waals surface area contributed by atoms with E-state index in [9.17, 15) is 0 Å². The summed E-state index contributed by atoms with van der Waals surface area (Å²) < 4.78 is 20.0. The van der Waals surface area contributed by atoms with Crippen molar-refractivity contribution in [1.82, 2.24) is 0 Å². The van der Waals surface area contributed by atoms with Gasteiger partial charge >= 0.3 is 0 Å². The SMILES string of the molecule is C[C@H](OCC1OC1(C)C)[C@H]1CCC2C3=CC=C4C[C@@H]([Si](C)(C)C(C)(C)C)C[C@H](O[Si](C)(C)C(C)(C)C)[C@]4(C)C3CC[C@@]21C. The fourth-order valence-electron chi connectivity index (χ4n) is 9.64. The van der Waals surface area contributed by atoms with Crippen molar-refractivity contribution in [3.8, 4) is 0 Å². The molecule has 0 aromatic heterocycles. The molecule has 1 saturated heterocycles. The fourth-order valence-corrected chi connectivity index (χ4v) is 13.8. The molecule has 1 heterocycles. The first-order valence-electron chi connectivity index (χ1n) is 17.8. The third-order valence-corrected chi connectivity index (χ3v) is 26.0. The molecule has 0 aromatic carbocycles. The van der Waals surface area contributed by atoms with Crippen molar-refractivity contribution in [1.29, 1.82) is 0 Å². The molecule has 0 amide bonds. The average molecular weight is 629 g/mol. The maximum absolute atomic E-state index is 7.64. The van der Waals surface area contributed by atoms with Gasteiger partial charge in [-0.05, 0) is 111 Å². The van der Waals surface area contributed by atoms with Crippen LogP contribution in [0.5, 0.6) is 0 Å². The quantitative estimate of drug-likeness (QED) is 0.208. The lowest BCUT2D eigenvalue weighted by atomic mass is 9.49. The van der Waals surface area contributed by atoms with Crippen LogP contribution in [0.1, 0.15) is 115 Å². The molecule has 4 fully saturated rings. The van der Waals surface area contributed by atoms with Crippen LogP contribution in [0, 0.1) is 28.6 Å². The number of rotatable bonds is 7. The molecule has 3 unspecified atom stereocenters. The molecule has 3 saturated carbocycles. The van der Waals surface area contributed by atoms with Crippen molar-refractivity contribution in [3.63, 3.8) is 0 Å². The van der Waals surface area contributed by atoms with Gasteiger partial charge in [0.25, 0.3) is 0 Å². The molecule has 0 radical (unpaired) electrons. The van der Waals surface area contributed by atoms with Crippen molar-refractivity contribution >= 4 is 16.4 Å². The highest BCUT2D eigenvalue weighted by Crippen LogP contribution is 2.68. The summed E-state index contributed by atoms with van der Waals surface area (Å²) in [4.78, 5) is 0. The summed E-state index contributed by atoms with van der Waals surface area (Å²) in [7, 11) is -3.50. The molecule has 0 spiro atoms. The van der Waals surface area contributed by atoms with Crippen molar-refractivity contribution in [2.75, 3.05) is 6.61 Å². The first kappa shape index (κ1) is 34.1. The van der Waals surface area contributed by atoms with E-state index in [1.807, 2.05) is 0 Å². The second-order valence-corrected chi connectivity index (χ2v) is 30.2. The lowest BCUT2D eigenvalue weighted by Gasteiger charge is -2.61. The van der Waals surface area contributed by atoms with Gasteiger partial charge in [-0.1, -0.05) is 91.8 Å². The van der Waals surface area contributed by atoms with Gasteiger partial charge in [0.1, 0.15) is 6.10 Å². The van der Waals surface area contributed by atoms with Crippen LogP contribution < -0.4 is 0 Å². The van der Waals surface area contributed by atoms with Crippen LogP contribution in [-0.2, 0) is 13.9 Å². The Labute approximate surface area is 268 Å². The molecule has 4 aliphatic carbocycles. The minimum absolute atomic E-state index is 0.00109. The lowest BCUT2D eigenvalue weighted by Crippen LogP contribution is -2.58. The molecular formula is C38H68O3Si2. The van der Waals surface area contributed by atoms with E-state index >= 15 is 0 Å². The zero-order valence-corrected chi connectivity index (χ0v) is 32.9. The van der Waals surface area contributed by atoms with Gasteiger partial charge < -0.3 is 13.9 Å². The number of allylic oxidation sites excluding steroid dienone is 3. The zero-order valence-electron chi connectivity index (χ0n) is 30.9. The van der Waals surface area contributed by atoms with Crippen molar-refractivity contribution in [3.05, 3.63) is 23.3 Å². The normalized spacial score (nSPS) is 40.2. The van der Waals surface area contributed by atoms with Crippen LogP contribution in [0.3, 0.4) is 0 Å². The van der Waals surface area contributed by atoms with Gasteiger partial charge in [-0.3, -0.25) is 0 Å². The molecule has 5 aliphatic rings. The molecule has 1 aliphatic heterocycles. The maximum atomic E-state index is 7.64. The van der Waals surface area contributed by atoms with Crippen LogP contribution >= 0.6 is 0 Å². The molecule has 5 rings (SSSR count). The standard InChI is InChI=1S/C38H68O3Si2/c1-25(39-24-33-36(8,9)40-33)29-18-19-30-28-17-16-26-22-27(42(12,13)34(2,3)4)23-32(41-43(14,15)35(5,6)7)38(26,11)31(28)20-21-37(29,30)10/h16-17,25,27,29-33H,18-24H2,1-15H3/t25-,27+,29+,30?,31?,32-,33?,37+,38-/m0/s1. The van der Waals surface area contributed by atoms with Crippen molar-refractivity contribution in [2.24, 2.45) is 28.6 Å². The summed E-state index contributed by atoms with van der Waals surface area (Å²) in [5.74, 6) is 1.89. The second kappa shape index (κ2) is 10.7. The highest BCUT2D eigenvalue weighted by atomic mass is 28.4. The van der Waals surface area contributed by atoms with Crippen LogP contribution in [-0.4, -0.2) is 46.9 Å². The van der Waals surface area contributed by atoms with E-state index in [0.717, 1.165) is 12.1 Å². The van der Waals surface area contributed by atoms with Crippen LogP contribution in [0.2, 0.25) is 41.8 Å². The summed E-state index contributed by atoms with van der Waals surface area (Å²) in [6.45, 7) is 37.8. The molecule has 0 bridgehead atoms. The van der Waals surface area contributed by atoms with E-state index in [4.69, 9.17) is 13.9 Å². The highest BCUT2D eigenvalue weighted by molar-refractivity contribution is 6.81. The fraction of sp³-hybridized carbons (Fsp3) is 0.895. The van der Waals surface area contributed by atoms with E-state index in [2.05, 4.69) is 115 Å². The van der Waals surface area contributed by atoms with Crippen LogP contribution in [0.15, 0.2) is 23.3 Å². The molecule has 43 heavy (non-hydrogen) atoms. The van der Waals surface area contributed by atoms with Gasteiger partial charge in [0.15, 0.2) is 8.32 Å². The van der Waals surface area contributed by atoms with Gasteiger partial charge in [0.05, 0.1) is 32.5 Å². The topological polar surface area (TPSA) is 31.0 Å². The first-order chi connectivity index (χ1) is 19.5. The third-order valence-electron chi connectivity index (χ3n) is 15.2. The molecule has 246 valence electrons. The van der Waals surface area contributed by atoms with Gasteiger partial charge in [0, 0.05) is 5.41 Å². The summed E-state index contributed by atoms with van der Waals surface area (Å²) >= 11 is 0. The van der Waals surface area contributed by atoms with Crippen LogP contribution in [0.25, 0.3) is 0 Å². The zero-order chi connectivity index (χ0) is 32.2. The van der Waals surface area contributed by atoms with E-state index in [0.29, 0.717) is 34.3 Å². The molecule has 9 atom stereocenters. The predicted octanol–water partition coefficient (Wildman–Crippen LogP) is 10.9. The highest BCUT2D eigenvalue weighted by Gasteiger charge is 2.62. The molecule has 0 aromatic rings. The largest absolute Gasteiger partial charge is 0.413 e. The number of epoxide rings is 1. The van der Waals surface area contributed by atoms with Gasteiger partial charge in [-0.25, -0.2) is 0 Å². The summed E-state index contributed by atoms with van der Waals surface area (Å²) in [5, 5.41) is 0.597. The Morgan fingerprint density at radius 1 is 0.907 bits per heavy atom. The Morgan fingerprint density at radius 2 is 1.53 bits per heavy atom. The van der Waals surface area contributed by atoms with Gasteiger partial charge in [-0.15, -0.1) is 0 Å². The van der Waals surface area contributed by atoms with E-state index in [1.54, 1.807) is 11.1 Å². The van der Waals surface area contributed by atoms with E-state index in [-0.39, 0.29) is 28.3 Å². The predicted molar refractivity (Wildman–Crippen MR) is 188 cm³/mol. The Balaban J connectivity index is 1.46. The number of fused-ring (bicyclic) bond motifs is 5. The molecular weight excluding hydrogens is 561 g/mol. The minimum atomic E-state index is -1.96. The molecule has 3 nitrogen and oxygen atoms in total. The summed E-state index contributed by atoms with van der Waals surface area (Å²) in [6, 6.07) is 0. The summed E-state index contributed by atoms with van der Waals surface area (Å²) in [5.41, 5.74) is 4.66. The van der Waals surface area contributed by atoms with E-state index in [1.165, 1.54) is 38.5 Å². The first-order valence-corrected chi connectivity index (χ1v) is 23.8. The minimum Gasteiger partial charge on any atom is -0.413 e. The van der Waals surface area contributed by atoms with E-state index < -0.39 is 16.4 Å². The third kappa shape index (κ3) is 5.59. The van der Waals surface area contributed by atoms with Gasteiger partial charge in [-0.2, -0.15) is 0 Å². The number of hydrogen-bond acceptors (Lipinski definition) is 3. The molecule has 0 N–H and O–H groups in total. The number of hydrogen-bond donors (Lipinski definition) is 0. The maximum Gasteiger partial charge on any atom is 0.192 e. The Morgan fingerprint density at radius 3 is 2.09 bits per heavy atom. The number of ether oxygens (including phenoxy) is 2. The smallest absolute Gasteiger partial charge is 0.192 e. The second-order valence-electron chi connectivity index (χ2n) is 19.7. The Kier molecular flexibility index (Phi) is 8.46. The monoisotopic (exact) mass is 628 g/mol. The Hall–Kier alpha value is -0.206. The Bertz CT molecular complexity index is 1140. The van der Waals surface area contributed by atoms with Crippen LogP contribution in [0.4, 0.5) is 0 Å². The van der Waals surface area contributed by atoms with Gasteiger partial charge in [0.2, 0.25) is 0 Å². The summed E-state index contributed by atoms with van der Waals surface area (Å²) in [6.07, 6.45) is 13.8. The lowest BCUT2D eigenvalue weighted by molar-refractivity contribution is -0.0490. The van der Waals surface area contributed by atoms with Crippen molar-refractivity contribution < 1.29 is 13.9 Å². The molecule has 5 heteroatoms.